The third kappa shape index (κ3) is 3.80. The molecule has 1 aromatic heterocycles. The first-order valence-electron chi connectivity index (χ1n) is 7.08. The minimum Gasteiger partial charge on any atom is -0.266 e. The van der Waals surface area contributed by atoms with Gasteiger partial charge in [0.15, 0.2) is 0 Å². The summed E-state index contributed by atoms with van der Waals surface area (Å²) in [6.07, 6.45) is 0. The Bertz CT molecular complexity index is 932. The van der Waals surface area contributed by atoms with Crippen molar-refractivity contribution >= 4 is 27.3 Å². The lowest BCUT2D eigenvalue weighted by Gasteiger charge is -2.13. The Balaban J connectivity index is 2.31. The molecule has 0 saturated carbocycles. The Kier molecular flexibility index (Phi) is 4.78. The van der Waals surface area contributed by atoms with Crippen molar-refractivity contribution in [2.75, 3.05) is 0 Å². The molecule has 0 saturated heterocycles. The maximum absolute atomic E-state index is 12.4. The minimum atomic E-state index is -4.08. The predicted molar refractivity (Wildman–Crippen MR) is 91.4 cm³/mol. The van der Waals surface area contributed by atoms with E-state index in [9.17, 15) is 13.2 Å². The number of nitriles is 1. The van der Waals surface area contributed by atoms with Crippen LogP contribution in [0.2, 0.25) is 0 Å². The fraction of sp³-hybridized carbons (Fsp3) is 0.312. The second-order valence-corrected chi connectivity index (χ2v) is 8.82. The molecule has 0 unspecified atom stereocenters. The Labute approximate surface area is 145 Å². The largest absolute Gasteiger partial charge is 0.284 e. The summed E-state index contributed by atoms with van der Waals surface area (Å²) in [6, 6.07) is 6.17. The second-order valence-electron chi connectivity index (χ2n) is 6.31. The Morgan fingerprint density at radius 1 is 1.33 bits per heavy atom. The number of hydrogen-bond donors (Lipinski definition) is 1. The topological polar surface area (TPSA) is 99.9 Å². The SMILES string of the molecule is Cc1ccc(C#N)cc1S(=O)(=O)NC(=O)c1csc(C(C)(C)C)n1. The summed E-state index contributed by atoms with van der Waals surface area (Å²) < 4.78 is 26.9. The highest BCUT2D eigenvalue weighted by molar-refractivity contribution is 7.90. The molecule has 6 nitrogen and oxygen atoms in total. The lowest BCUT2D eigenvalue weighted by atomic mass is 9.98. The lowest BCUT2D eigenvalue weighted by molar-refractivity contribution is 0.0977. The Hall–Kier alpha value is -2.24. The van der Waals surface area contributed by atoms with Gasteiger partial charge in [0, 0.05) is 10.8 Å². The van der Waals surface area contributed by atoms with E-state index in [4.69, 9.17) is 5.26 Å². The molecule has 0 aliphatic rings. The molecule has 1 amide bonds. The van der Waals surface area contributed by atoms with Gasteiger partial charge in [-0.05, 0) is 24.6 Å². The van der Waals surface area contributed by atoms with E-state index >= 15 is 0 Å². The third-order valence-electron chi connectivity index (χ3n) is 3.21. The number of rotatable bonds is 3. The van der Waals surface area contributed by atoms with Crippen LogP contribution in [0.5, 0.6) is 0 Å². The van der Waals surface area contributed by atoms with Crippen LogP contribution in [0.4, 0.5) is 0 Å². The van der Waals surface area contributed by atoms with Gasteiger partial charge in [-0.1, -0.05) is 26.8 Å². The summed E-state index contributed by atoms with van der Waals surface area (Å²) in [6.45, 7) is 7.48. The van der Waals surface area contributed by atoms with Crippen LogP contribution in [0.3, 0.4) is 0 Å². The van der Waals surface area contributed by atoms with Crippen LogP contribution in [-0.4, -0.2) is 19.3 Å². The summed E-state index contributed by atoms with van der Waals surface area (Å²) in [5.74, 6) is -0.788. The highest BCUT2D eigenvalue weighted by Gasteiger charge is 2.25. The van der Waals surface area contributed by atoms with E-state index in [0.717, 1.165) is 5.01 Å². The van der Waals surface area contributed by atoms with Gasteiger partial charge in [-0.25, -0.2) is 18.1 Å². The van der Waals surface area contributed by atoms with Gasteiger partial charge in [0.1, 0.15) is 5.69 Å². The molecule has 0 fully saturated rings. The van der Waals surface area contributed by atoms with E-state index in [-0.39, 0.29) is 21.6 Å². The highest BCUT2D eigenvalue weighted by Crippen LogP contribution is 2.25. The molecule has 0 aliphatic carbocycles. The minimum absolute atomic E-state index is 0.0580. The van der Waals surface area contributed by atoms with E-state index in [0.29, 0.717) is 5.56 Å². The van der Waals surface area contributed by atoms with E-state index < -0.39 is 15.9 Å². The zero-order chi connectivity index (χ0) is 18.1. The molecule has 1 heterocycles. The Morgan fingerprint density at radius 2 is 2.00 bits per heavy atom. The number of carbonyl (C=O) groups excluding carboxylic acids is 1. The van der Waals surface area contributed by atoms with Crippen LogP contribution in [0, 0.1) is 18.3 Å². The molecule has 0 radical (unpaired) electrons. The van der Waals surface area contributed by atoms with Crippen molar-refractivity contribution in [3.63, 3.8) is 0 Å². The molecule has 0 aliphatic heterocycles. The second kappa shape index (κ2) is 6.34. The fourth-order valence-electron chi connectivity index (χ4n) is 1.91. The van der Waals surface area contributed by atoms with Gasteiger partial charge < -0.3 is 0 Å². The van der Waals surface area contributed by atoms with Crippen molar-refractivity contribution < 1.29 is 13.2 Å². The standard InChI is InChI=1S/C16H17N3O3S2/c1-10-5-6-11(8-17)7-13(10)24(21,22)19-14(20)12-9-23-15(18-12)16(2,3)4/h5-7,9H,1-4H3,(H,19,20). The number of amides is 1. The molecule has 1 aromatic carbocycles. The zero-order valence-electron chi connectivity index (χ0n) is 13.7. The van der Waals surface area contributed by atoms with Gasteiger partial charge in [0.2, 0.25) is 0 Å². The number of aromatic nitrogens is 1. The van der Waals surface area contributed by atoms with Crippen LogP contribution in [0.1, 0.15) is 47.4 Å². The average molecular weight is 363 g/mol. The number of nitrogens with one attached hydrogen (secondary N) is 1. The zero-order valence-corrected chi connectivity index (χ0v) is 15.4. The smallest absolute Gasteiger partial charge is 0.266 e. The number of benzene rings is 1. The first-order chi connectivity index (χ1) is 11.0. The van der Waals surface area contributed by atoms with Gasteiger partial charge in [-0.15, -0.1) is 11.3 Å². The maximum Gasteiger partial charge on any atom is 0.284 e. The van der Waals surface area contributed by atoms with E-state index in [1.54, 1.807) is 6.92 Å². The van der Waals surface area contributed by atoms with Crippen LogP contribution in [0.25, 0.3) is 0 Å². The summed E-state index contributed by atoms with van der Waals surface area (Å²) in [4.78, 5) is 16.3. The molecule has 0 atom stereocenters. The molecule has 1 N–H and O–H groups in total. The van der Waals surface area contributed by atoms with E-state index in [1.165, 1.54) is 34.9 Å². The highest BCUT2D eigenvalue weighted by atomic mass is 32.2. The summed E-state index contributed by atoms with van der Waals surface area (Å²) in [5.41, 5.74) is 0.488. The van der Waals surface area contributed by atoms with Crippen molar-refractivity contribution in [1.29, 1.82) is 5.26 Å². The number of nitrogens with zero attached hydrogens (tertiary/aromatic N) is 2. The van der Waals surface area contributed by atoms with Gasteiger partial charge in [-0.2, -0.15) is 5.26 Å². The molecule has 2 rings (SSSR count). The van der Waals surface area contributed by atoms with Crippen molar-refractivity contribution in [3.8, 4) is 6.07 Å². The molecular formula is C16H17N3O3S2. The molecule has 126 valence electrons. The maximum atomic E-state index is 12.4. The summed E-state index contributed by atoms with van der Waals surface area (Å²) in [5, 5.41) is 11.2. The number of aryl methyl sites for hydroxylation is 1. The first kappa shape index (κ1) is 18.1. The predicted octanol–water partition coefficient (Wildman–Crippen LogP) is 2.74. The first-order valence-corrected chi connectivity index (χ1v) is 9.45. The molecule has 0 spiro atoms. The van der Waals surface area contributed by atoms with Crippen LogP contribution >= 0.6 is 11.3 Å². The van der Waals surface area contributed by atoms with Crippen LogP contribution in [0.15, 0.2) is 28.5 Å². The van der Waals surface area contributed by atoms with Gasteiger partial charge >= 0.3 is 0 Å². The van der Waals surface area contributed by atoms with Crippen LogP contribution in [-0.2, 0) is 15.4 Å². The third-order valence-corrected chi connectivity index (χ3v) is 5.95. The molecule has 8 heteroatoms. The normalized spacial score (nSPS) is 11.8. The van der Waals surface area contributed by atoms with E-state index in [2.05, 4.69) is 4.98 Å². The average Bonchev–Trinajstić information content (AvgIpc) is 2.97. The summed E-state index contributed by atoms with van der Waals surface area (Å²) >= 11 is 1.31. The van der Waals surface area contributed by atoms with Gasteiger partial charge in [0.25, 0.3) is 15.9 Å². The van der Waals surface area contributed by atoms with Crippen molar-refractivity contribution in [2.24, 2.45) is 0 Å². The lowest BCUT2D eigenvalue weighted by Crippen LogP contribution is -2.31. The monoisotopic (exact) mass is 363 g/mol. The molecule has 0 bridgehead atoms. The quantitative estimate of drug-likeness (QED) is 0.904. The molecule has 2 aromatic rings. The number of thiazole rings is 1. The van der Waals surface area contributed by atoms with Crippen LogP contribution < -0.4 is 4.72 Å². The van der Waals surface area contributed by atoms with Crippen molar-refractivity contribution in [3.05, 3.63) is 45.4 Å². The van der Waals surface area contributed by atoms with Crippen molar-refractivity contribution in [1.82, 2.24) is 9.71 Å². The van der Waals surface area contributed by atoms with Gasteiger partial charge in [0.05, 0.1) is 21.5 Å². The number of hydrogen-bond acceptors (Lipinski definition) is 6. The number of carbonyl (C=O) groups is 1. The van der Waals surface area contributed by atoms with E-state index in [1.807, 2.05) is 31.6 Å². The van der Waals surface area contributed by atoms with Gasteiger partial charge in [-0.3, -0.25) is 4.79 Å². The fourth-order valence-corrected chi connectivity index (χ4v) is 4.03. The summed E-state index contributed by atoms with van der Waals surface area (Å²) in [7, 11) is -4.08. The molecular weight excluding hydrogens is 346 g/mol. The Morgan fingerprint density at radius 3 is 2.54 bits per heavy atom. The van der Waals surface area contributed by atoms with Crippen molar-refractivity contribution in [2.45, 2.75) is 38.0 Å². The molecule has 24 heavy (non-hydrogen) atoms. The number of sulfonamides is 1.